The molecule has 9 nitrogen and oxygen atoms in total. The molecule has 1 heterocycles. The lowest BCUT2D eigenvalue weighted by molar-refractivity contribution is -0.139. The van der Waals surface area contributed by atoms with E-state index in [9.17, 15) is 19.5 Å². The third kappa shape index (κ3) is 4.46. The number of rotatable bonds is 7. The van der Waals surface area contributed by atoms with Gasteiger partial charge in [0.15, 0.2) is 5.75 Å². The number of ether oxygens (including phenoxy) is 1. The van der Waals surface area contributed by atoms with Crippen LogP contribution in [0.3, 0.4) is 0 Å². The Bertz CT molecular complexity index is 1070. The molecular formula is C23H28N4O5. The van der Waals surface area contributed by atoms with E-state index in [1.807, 2.05) is 0 Å². The average Bonchev–Trinajstić information content (AvgIpc) is 3.39. The molecule has 0 saturated heterocycles. The van der Waals surface area contributed by atoms with Gasteiger partial charge in [0, 0.05) is 19.5 Å². The number of urea groups is 1. The Morgan fingerprint density at radius 1 is 1.25 bits per heavy atom. The molecule has 1 aromatic heterocycles. The molecule has 2 unspecified atom stereocenters. The van der Waals surface area contributed by atoms with Crippen LogP contribution < -0.4 is 20.9 Å². The van der Waals surface area contributed by atoms with Crippen LogP contribution in [0.4, 0.5) is 4.79 Å². The van der Waals surface area contributed by atoms with Gasteiger partial charge in [-0.15, -0.1) is 0 Å². The van der Waals surface area contributed by atoms with Gasteiger partial charge in [-0.1, -0.05) is 30.7 Å². The van der Waals surface area contributed by atoms with Crippen molar-refractivity contribution >= 4 is 12.0 Å². The Labute approximate surface area is 185 Å². The summed E-state index contributed by atoms with van der Waals surface area (Å²) in [5, 5.41) is 19.1. The Morgan fingerprint density at radius 2 is 2.00 bits per heavy atom. The summed E-state index contributed by atoms with van der Waals surface area (Å²) in [5.41, 5.74) is 1.46. The Hall–Kier alpha value is -3.36. The number of carboxylic acids is 1. The molecular weight excluding hydrogens is 412 g/mol. The zero-order valence-electron chi connectivity index (χ0n) is 18.2. The smallest absolute Gasteiger partial charge is 0.326 e. The van der Waals surface area contributed by atoms with Crippen molar-refractivity contribution in [3.05, 3.63) is 46.4 Å². The van der Waals surface area contributed by atoms with Gasteiger partial charge in [0.05, 0.1) is 18.9 Å². The van der Waals surface area contributed by atoms with E-state index in [1.54, 1.807) is 31.3 Å². The number of hydrogen-bond donors (Lipinski definition) is 3. The summed E-state index contributed by atoms with van der Waals surface area (Å²) in [6.45, 7) is 0. The van der Waals surface area contributed by atoms with Crippen molar-refractivity contribution in [2.24, 2.45) is 18.9 Å². The Balaban J connectivity index is 1.43. The van der Waals surface area contributed by atoms with Gasteiger partial charge in [-0.3, -0.25) is 4.79 Å². The van der Waals surface area contributed by atoms with E-state index < -0.39 is 18.0 Å². The quantitative estimate of drug-likeness (QED) is 0.605. The average molecular weight is 441 g/mol. The van der Waals surface area contributed by atoms with Crippen molar-refractivity contribution in [2.45, 2.75) is 44.2 Å². The third-order valence-electron chi connectivity index (χ3n) is 6.66. The van der Waals surface area contributed by atoms with Gasteiger partial charge in [0.1, 0.15) is 6.04 Å². The first-order valence-corrected chi connectivity index (χ1v) is 10.8. The molecule has 170 valence electrons. The highest BCUT2D eigenvalue weighted by atomic mass is 16.5. The number of carboxylic acid groups (broad SMARTS) is 1. The minimum atomic E-state index is -1.10. The molecule has 2 amide bonds. The number of hydrogen-bond acceptors (Lipinski definition) is 5. The molecule has 0 aliphatic heterocycles. The summed E-state index contributed by atoms with van der Waals surface area (Å²) >= 11 is 0. The van der Waals surface area contributed by atoms with Gasteiger partial charge in [-0.2, -0.15) is 5.10 Å². The zero-order chi connectivity index (χ0) is 22.8. The van der Waals surface area contributed by atoms with Crippen molar-refractivity contribution in [3.63, 3.8) is 0 Å². The second-order valence-corrected chi connectivity index (χ2v) is 8.71. The second-order valence-electron chi connectivity index (χ2n) is 8.71. The standard InChI is InChI=1S/C23H28N4O5/c1-27-21(28)20(19(32-2)12-24-27)15-6-3-13(4-7-15)10-18(22(29)30)26-23(31)25-17-11-14-5-8-16(17)9-14/h3-4,6-7,12,14,16-18H,5,8-11H2,1-2H3,(H,29,30)(H2,25,26,31)/t14?,16?,17-,18-/m0/s1. The van der Waals surface area contributed by atoms with E-state index >= 15 is 0 Å². The van der Waals surface area contributed by atoms with Gasteiger partial charge in [0.2, 0.25) is 0 Å². The number of fused-ring (bicyclic) bond motifs is 2. The zero-order valence-corrected chi connectivity index (χ0v) is 18.2. The number of methoxy groups -OCH3 is 1. The fourth-order valence-corrected chi connectivity index (χ4v) is 4.98. The Morgan fingerprint density at radius 3 is 2.59 bits per heavy atom. The minimum absolute atomic E-state index is 0.130. The van der Waals surface area contributed by atoms with Crippen molar-refractivity contribution < 1.29 is 19.4 Å². The first kappa shape index (κ1) is 21.9. The highest BCUT2D eigenvalue weighted by Crippen LogP contribution is 2.44. The predicted molar refractivity (Wildman–Crippen MR) is 117 cm³/mol. The molecule has 32 heavy (non-hydrogen) atoms. The van der Waals surface area contributed by atoms with Crippen LogP contribution >= 0.6 is 0 Å². The first-order valence-electron chi connectivity index (χ1n) is 10.8. The minimum Gasteiger partial charge on any atom is -0.494 e. The number of benzene rings is 1. The highest BCUT2D eigenvalue weighted by Gasteiger charge is 2.40. The summed E-state index contributed by atoms with van der Waals surface area (Å²) in [5.74, 6) is 0.472. The van der Waals surface area contributed by atoms with Crippen LogP contribution in [-0.2, 0) is 18.3 Å². The van der Waals surface area contributed by atoms with Crippen LogP contribution in [0.15, 0.2) is 35.3 Å². The molecule has 2 aromatic rings. The lowest BCUT2D eigenvalue weighted by Gasteiger charge is -2.24. The molecule has 2 aliphatic carbocycles. The lowest BCUT2D eigenvalue weighted by atomic mass is 9.95. The van der Waals surface area contributed by atoms with Crippen LogP contribution in [-0.4, -0.2) is 46.1 Å². The van der Waals surface area contributed by atoms with E-state index in [0.29, 0.717) is 28.7 Å². The summed E-state index contributed by atoms with van der Waals surface area (Å²) in [7, 11) is 3.03. The fraction of sp³-hybridized carbons (Fsp3) is 0.478. The molecule has 4 rings (SSSR count). The molecule has 1 aromatic carbocycles. The molecule has 0 spiro atoms. The predicted octanol–water partition coefficient (Wildman–Crippen LogP) is 1.94. The molecule has 4 atom stereocenters. The van der Waals surface area contributed by atoms with Crippen LogP contribution in [0.25, 0.3) is 11.1 Å². The molecule has 2 aliphatic rings. The van der Waals surface area contributed by atoms with Gasteiger partial charge >= 0.3 is 12.0 Å². The van der Waals surface area contributed by atoms with E-state index in [2.05, 4.69) is 15.7 Å². The van der Waals surface area contributed by atoms with E-state index in [0.717, 1.165) is 24.8 Å². The maximum absolute atomic E-state index is 12.5. The van der Waals surface area contributed by atoms with Gasteiger partial charge in [-0.05, 0) is 42.2 Å². The Kier molecular flexibility index (Phi) is 6.16. The monoisotopic (exact) mass is 440 g/mol. The second kappa shape index (κ2) is 9.02. The lowest BCUT2D eigenvalue weighted by Crippen LogP contribution is -2.50. The molecule has 2 fully saturated rings. The van der Waals surface area contributed by atoms with Crippen molar-refractivity contribution in [1.82, 2.24) is 20.4 Å². The summed E-state index contributed by atoms with van der Waals surface area (Å²) < 4.78 is 6.50. The van der Waals surface area contributed by atoms with Crippen molar-refractivity contribution in [1.29, 1.82) is 0 Å². The van der Waals surface area contributed by atoms with E-state index in [-0.39, 0.29) is 18.0 Å². The van der Waals surface area contributed by atoms with E-state index in [4.69, 9.17) is 4.74 Å². The number of nitrogens with one attached hydrogen (secondary N) is 2. The maximum Gasteiger partial charge on any atom is 0.326 e. The van der Waals surface area contributed by atoms with Crippen LogP contribution in [0, 0.1) is 11.8 Å². The number of nitrogens with zero attached hydrogens (tertiary/aromatic N) is 2. The molecule has 9 heteroatoms. The van der Waals surface area contributed by atoms with Crippen molar-refractivity contribution in [3.8, 4) is 16.9 Å². The number of aryl methyl sites for hydroxylation is 1. The number of carbonyl (C=O) groups excluding carboxylic acids is 1. The third-order valence-corrected chi connectivity index (χ3v) is 6.66. The van der Waals surface area contributed by atoms with Crippen LogP contribution in [0.1, 0.15) is 31.2 Å². The highest BCUT2D eigenvalue weighted by molar-refractivity contribution is 5.83. The SMILES string of the molecule is COc1cnn(C)c(=O)c1-c1ccc(C[C@H](NC(=O)N[C@H]2CC3CCC2C3)C(=O)O)cc1. The van der Waals surface area contributed by atoms with Crippen molar-refractivity contribution in [2.75, 3.05) is 7.11 Å². The molecule has 3 N–H and O–H groups in total. The van der Waals surface area contributed by atoms with E-state index in [1.165, 1.54) is 24.4 Å². The van der Waals surface area contributed by atoms with Gasteiger partial charge < -0.3 is 20.5 Å². The normalized spacial score (nSPS) is 22.4. The number of aliphatic carboxylic acids is 1. The topological polar surface area (TPSA) is 123 Å². The maximum atomic E-state index is 12.5. The number of carbonyl (C=O) groups is 2. The van der Waals surface area contributed by atoms with Crippen LogP contribution in [0.5, 0.6) is 5.75 Å². The largest absolute Gasteiger partial charge is 0.494 e. The fourth-order valence-electron chi connectivity index (χ4n) is 4.98. The molecule has 2 bridgehead atoms. The summed E-state index contributed by atoms with van der Waals surface area (Å²) in [6.07, 6.45) is 6.11. The molecule has 2 saturated carbocycles. The number of amides is 2. The first-order chi connectivity index (χ1) is 15.4. The van der Waals surface area contributed by atoms with Crippen LogP contribution in [0.2, 0.25) is 0 Å². The number of aromatic nitrogens is 2. The summed E-state index contributed by atoms with van der Waals surface area (Å²) in [4.78, 5) is 36.7. The van der Waals surface area contributed by atoms with Gasteiger partial charge in [0.25, 0.3) is 5.56 Å². The summed E-state index contributed by atoms with van der Waals surface area (Å²) in [6, 6.07) is 5.63. The molecule has 0 radical (unpaired) electrons. The van der Waals surface area contributed by atoms with Gasteiger partial charge in [-0.25, -0.2) is 14.3 Å².